The largest absolute Gasteiger partial charge is 0.378 e. The van der Waals surface area contributed by atoms with Gasteiger partial charge in [0.25, 0.3) is 0 Å². The Bertz CT molecular complexity index is 334. The molecule has 1 aromatic rings. The van der Waals surface area contributed by atoms with Crippen LogP contribution in [0.3, 0.4) is 0 Å². The van der Waals surface area contributed by atoms with Crippen molar-refractivity contribution in [1.29, 1.82) is 0 Å². The SMILES string of the molecule is CCNC(C)c1nc(CC2CCCCO2)no1. The zero-order chi connectivity index (χ0) is 12.1. The Labute approximate surface area is 102 Å². The Morgan fingerprint density at radius 3 is 3.06 bits per heavy atom. The molecule has 17 heavy (non-hydrogen) atoms. The molecule has 5 heteroatoms. The molecule has 5 nitrogen and oxygen atoms in total. The van der Waals surface area contributed by atoms with Gasteiger partial charge in [0, 0.05) is 13.0 Å². The molecule has 1 N–H and O–H groups in total. The van der Waals surface area contributed by atoms with E-state index in [1.165, 1.54) is 12.8 Å². The van der Waals surface area contributed by atoms with Crippen LogP contribution in [0, 0.1) is 0 Å². The van der Waals surface area contributed by atoms with Crippen LogP contribution in [0.5, 0.6) is 0 Å². The van der Waals surface area contributed by atoms with Crippen molar-refractivity contribution in [3.63, 3.8) is 0 Å². The maximum atomic E-state index is 5.66. The molecule has 1 saturated heterocycles. The number of aromatic nitrogens is 2. The second kappa shape index (κ2) is 6.12. The summed E-state index contributed by atoms with van der Waals surface area (Å²) < 4.78 is 10.9. The Kier molecular flexibility index (Phi) is 4.50. The van der Waals surface area contributed by atoms with Gasteiger partial charge in [-0.05, 0) is 32.7 Å². The number of hydrogen-bond donors (Lipinski definition) is 1. The predicted octanol–water partition coefficient (Wildman–Crippen LogP) is 1.85. The maximum absolute atomic E-state index is 5.66. The van der Waals surface area contributed by atoms with Crippen molar-refractivity contribution in [3.05, 3.63) is 11.7 Å². The van der Waals surface area contributed by atoms with Crippen LogP contribution in [0.4, 0.5) is 0 Å². The minimum Gasteiger partial charge on any atom is -0.378 e. The van der Waals surface area contributed by atoms with Gasteiger partial charge in [-0.2, -0.15) is 4.98 Å². The van der Waals surface area contributed by atoms with Crippen molar-refractivity contribution in [2.45, 2.75) is 51.7 Å². The molecule has 1 fully saturated rings. The number of nitrogens with zero attached hydrogens (tertiary/aromatic N) is 2. The third-order valence-corrected chi connectivity index (χ3v) is 3.05. The summed E-state index contributed by atoms with van der Waals surface area (Å²) in [6, 6.07) is 0.119. The first-order valence-electron chi connectivity index (χ1n) is 6.47. The average molecular weight is 239 g/mol. The van der Waals surface area contributed by atoms with Gasteiger partial charge in [-0.1, -0.05) is 12.1 Å². The molecule has 0 radical (unpaired) electrons. The van der Waals surface area contributed by atoms with Gasteiger partial charge in [-0.3, -0.25) is 0 Å². The van der Waals surface area contributed by atoms with E-state index in [1.54, 1.807) is 0 Å². The van der Waals surface area contributed by atoms with E-state index in [9.17, 15) is 0 Å². The summed E-state index contributed by atoms with van der Waals surface area (Å²) >= 11 is 0. The van der Waals surface area contributed by atoms with Crippen LogP contribution in [0.15, 0.2) is 4.52 Å². The molecule has 2 atom stereocenters. The van der Waals surface area contributed by atoms with Crippen molar-refractivity contribution in [2.75, 3.05) is 13.2 Å². The Balaban J connectivity index is 1.88. The minimum atomic E-state index is 0.119. The standard InChI is InChI=1S/C12H21N3O2/c1-3-13-9(2)12-14-11(15-17-12)8-10-6-4-5-7-16-10/h9-10,13H,3-8H2,1-2H3. The van der Waals surface area contributed by atoms with E-state index in [0.29, 0.717) is 5.89 Å². The first-order valence-corrected chi connectivity index (χ1v) is 6.47. The number of hydrogen-bond acceptors (Lipinski definition) is 5. The summed E-state index contributed by atoms with van der Waals surface area (Å²) in [7, 11) is 0. The van der Waals surface area contributed by atoms with Crippen LogP contribution in [0.25, 0.3) is 0 Å². The smallest absolute Gasteiger partial charge is 0.243 e. The summed E-state index contributed by atoms with van der Waals surface area (Å²) in [4.78, 5) is 4.40. The average Bonchev–Trinajstić information content (AvgIpc) is 2.79. The summed E-state index contributed by atoms with van der Waals surface area (Å²) in [5, 5.41) is 7.26. The predicted molar refractivity (Wildman–Crippen MR) is 63.7 cm³/mol. The lowest BCUT2D eigenvalue weighted by Crippen LogP contribution is -2.22. The van der Waals surface area contributed by atoms with Gasteiger partial charge in [-0.15, -0.1) is 0 Å². The summed E-state index contributed by atoms with van der Waals surface area (Å²) in [6.07, 6.45) is 4.55. The third-order valence-electron chi connectivity index (χ3n) is 3.05. The number of nitrogens with one attached hydrogen (secondary N) is 1. The van der Waals surface area contributed by atoms with E-state index in [4.69, 9.17) is 9.26 Å². The van der Waals surface area contributed by atoms with Crippen molar-refractivity contribution in [2.24, 2.45) is 0 Å². The fraction of sp³-hybridized carbons (Fsp3) is 0.833. The van der Waals surface area contributed by atoms with Gasteiger partial charge in [0.05, 0.1) is 12.1 Å². The molecule has 2 unspecified atom stereocenters. The highest BCUT2D eigenvalue weighted by atomic mass is 16.5. The quantitative estimate of drug-likeness (QED) is 0.849. The molecule has 2 heterocycles. The number of rotatable bonds is 5. The van der Waals surface area contributed by atoms with E-state index in [2.05, 4.69) is 22.4 Å². The molecule has 0 amide bonds. The fourth-order valence-electron chi connectivity index (χ4n) is 2.09. The van der Waals surface area contributed by atoms with Gasteiger partial charge < -0.3 is 14.6 Å². The van der Waals surface area contributed by atoms with Crippen LogP contribution in [-0.2, 0) is 11.2 Å². The lowest BCUT2D eigenvalue weighted by atomic mass is 10.1. The van der Waals surface area contributed by atoms with E-state index in [0.717, 1.165) is 31.8 Å². The summed E-state index contributed by atoms with van der Waals surface area (Å²) in [6.45, 7) is 5.84. The molecule has 96 valence electrons. The molecule has 1 aliphatic heterocycles. The first kappa shape index (κ1) is 12.5. The third kappa shape index (κ3) is 3.51. The van der Waals surface area contributed by atoms with Crippen LogP contribution >= 0.6 is 0 Å². The number of ether oxygens (including phenoxy) is 1. The van der Waals surface area contributed by atoms with E-state index in [1.807, 2.05) is 6.92 Å². The molecule has 0 aromatic carbocycles. The lowest BCUT2D eigenvalue weighted by Gasteiger charge is -2.20. The monoisotopic (exact) mass is 239 g/mol. The highest BCUT2D eigenvalue weighted by molar-refractivity contribution is 4.93. The van der Waals surface area contributed by atoms with Gasteiger partial charge in [0.1, 0.15) is 0 Å². The zero-order valence-electron chi connectivity index (χ0n) is 10.6. The lowest BCUT2D eigenvalue weighted by molar-refractivity contribution is 0.0153. The second-order valence-corrected chi connectivity index (χ2v) is 4.52. The highest BCUT2D eigenvalue weighted by Gasteiger charge is 2.19. The second-order valence-electron chi connectivity index (χ2n) is 4.52. The van der Waals surface area contributed by atoms with Crippen molar-refractivity contribution in [1.82, 2.24) is 15.5 Å². The normalized spacial score (nSPS) is 22.6. The Morgan fingerprint density at radius 1 is 1.47 bits per heavy atom. The maximum Gasteiger partial charge on any atom is 0.243 e. The van der Waals surface area contributed by atoms with Crippen molar-refractivity contribution >= 4 is 0 Å². The topological polar surface area (TPSA) is 60.2 Å². The van der Waals surface area contributed by atoms with E-state index < -0.39 is 0 Å². The van der Waals surface area contributed by atoms with E-state index in [-0.39, 0.29) is 12.1 Å². The van der Waals surface area contributed by atoms with Crippen molar-refractivity contribution < 1.29 is 9.26 Å². The van der Waals surface area contributed by atoms with Crippen molar-refractivity contribution in [3.8, 4) is 0 Å². The summed E-state index contributed by atoms with van der Waals surface area (Å²) in [5.74, 6) is 1.43. The molecular weight excluding hydrogens is 218 g/mol. The minimum absolute atomic E-state index is 0.119. The molecule has 0 spiro atoms. The zero-order valence-corrected chi connectivity index (χ0v) is 10.6. The molecule has 0 bridgehead atoms. The molecular formula is C12H21N3O2. The Hall–Kier alpha value is -0.940. The highest BCUT2D eigenvalue weighted by Crippen LogP contribution is 2.17. The fourth-order valence-corrected chi connectivity index (χ4v) is 2.09. The molecule has 0 saturated carbocycles. The van der Waals surface area contributed by atoms with Gasteiger partial charge in [0.2, 0.25) is 5.89 Å². The molecule has 2 rings (SSSR count). The van der Waals surface area contributed by atoms with Crippen LogP contribution in [0.1, 0.15) is 50.9 Å². The van der Waals surface area contributed by atoms with Crippen LogP contribution < -0.4 is 5.32 Å². The molecule has 1 aromatic heterocycles. The first-order chi connectivity index (χ1) is 8.29. The van der Waals surface area contributed by atoms with Gasteiger partial charge >= 0.3 is 0 Å². The van der Waals surface area contributed by atoms with Crippen LogP contribution in [-0.4, -0.2) is 29.4 Å². The summed E-state index contributed by atoms with van der Waals surface area (Å²) in [5.41, 5.74) is 0. The molecule has 1 aliphatic rings. The van der Waals surface area contributed by atoms with Gasteiger partial charge in [-0.25, -0.2) is 0 Å². The van der Waals surface area contributed by atoms with E-state index >= 15 is 0 Å². The van der Waals surface area contributed by atoms with Crippen LogP contribution in [0.2, 0.25) is 0 Å². The Morgan fingerprint density at radius 2 is 2.35 bits per heavy atom. The van der Waals surface area contributed by atoms with Gasteiger partial charge in [0.15, 0.2) is 5.82 Å². The molecule has 0 aliphatic carbocycles.